The molecular formula is C12H14FNO2. The average Bonchev–Trinajstić information content (AvgIpc) is 2.28. The average molecular weight is 223 g/mol. The molecular weight excluding hydrogens is 209 g/mol. The van der Waals surface area contributed by atoms with Gasteiger partial charge in [0.05, 0.1) is 12.8 Å². The molecule has 0 aromatic heterocycles. The molecule has 0 bridgehead atoms. The van der Waals surface area contributed by atoms with E-state index in [9.17, 15) is 4.39 Å². The number of alkyl halides is 1. The smallest absolute Gasteiger partial charge is 0.151 e. The van der Waals surface area contributed by atoms with E-state index in [1.807, 2.05) is 24.3 Å². The molecule has 0 fully saturated rings. The molecule has 3 nitrogen and oxygen atoms in total. The molecule has 4 heteroatoms. The fourth-order valence-electron chi connectivity index (χ4n) is 1.62. The van der Waals surface area contributed by atoms with Crippen LogP contribution < -0.4 is 4.74 Å². The Hall–Kier alpha value is -1.58. The van der Waals surface area contributed by atoms with Crippen LogP contribution in [0, 0.1) is 0 Å². The fraction of sp³-hybridized carbons (Fsp3) is 0.417. The van der Waals surface area contributed by atoms with Gasteiger partial charge in [-0.1, -0.05) is 5.16 Å². The number of hydrogen-bond acceptors (Lipinski definition) is 3. The van der Waals surface area contributed by atoms with Gasteiger partial charge in [-0.3, -0.25) is 0 Å². The first kappa shape index (κ1) is 10.9. The lowest BCUT2D eigenvalue weighted by Gasteiger charge is -2.24. The van der Waals surface area contributed by atoms with E-state index < -0.39 is 5.67 Å². The number of methoxy groups -OCH3 is 1. The Bertz CT molecular complexity index is 398. The molecule has 0 N–H and O–H groups in total. The van der Waals surface area contributed by atoms with Gasteiger partial charge in [0.25, 0.3) is 0 Å². The molecule has 1 atom stereocenters. The molecule has 2 rings (SSSR count). The van der Waals surface area contributed by atoms with E-state index in [1.165, 1.54) is 6.92 Å². The molecule has 0 spiro atoms. The molecule has 1 unspecified atom stereocenters. The zero-order chi connectivity index (χ0) is 11.6. The standard InChI is InChI=1S/C12H14FNO2/c1-12(13)7-11(14-16-8-12)9-3-5-10(15-2)6-4-9/h3-6H,7-8H2,1-2H3. The first-order chi connectivity index (χ1) is 7.61. The Morgan fingerprint density at radius 2 is 2.06 bits per heavy atom. The molecule has 0 aliphatic carbocycles. The highest BCUT2D eigenvalue weighted by molar-refractivity contribution is 6.01. The van der Waals surface area contributed by atoms with Crippen LogP contribution >= 0.6 is 0 Å². The van der Waals surface area contributed by atoms with E-state index in [-0.39, 0.29) is 13.0 Å². The van der Waals surface area contributed by atoms with Crippen LogP contribution in [-0.4, -0.2) is 25.1 Å². The second-order valence-electron chi connectivity index (χ2n) is 4.13. The van der Waals surface area contributed by atoms with Crippen molar-refractivity contribution in [2.45, 2.75) is 19.0 Å². The summed E-state index contributed by atoms with van der Waals surface area (Å²) in [5, 5.41) is 3.89. The van der Waals surface area contributed by atoms with Gasteiger partial charge in [0.15, 0.2) is 6.61 Å². The zero-order valence-corrected chi connectivity index (χ0v) is 9.37. The van der Waals surface area contributed by atoms with Gasteiger partial charge in [-0.05, 0) is 36.8 Å². The van der Waals surface area contributed by atoms with Crippen LogP contribution in [0.2, 0.25) is 0 Å². The van der Waals surface area contributed by atoms with E-state index in [0.717, 1.165) is 11.3 Å². The van der Waals surface area contributed by atoms with Crippen molar-refractivity contribution >= 4 is 5.71 Å². The molecule has 0 radical (unpaired) electrons. The number of nitrogens with zero attached hydrogens (tertiary/aromatic N) is 1. The van der Waals surface area contributed by atoms with Gasteiger partial charge >= 0.3 is 0 Å². The lowest BCUT2D eigenvalue weighted by Crippen LogP contribution is -2.32. The van der Waals surface area contributed by atoms with Gasteiger partial charge in [-0.15, -0.1) is 0 Å². The minimum Gasteiger partial charge on any atom is -0.497 e. The van der Waals surface area contributed by atoms with Crippen LogP contribution in [-0.2, 0) is 4.84 Å². The summed E-state index contributed by atoms with van der Waals surface area (Å²) in [5.41, 5.74) is 0.167. The molecule has 0 saturated heterocycles. The van der Waals surface area contributed by atoms with Crippen LogP contribution in [0.5, 0.6) is 5.75 Å². The minimum absolute atomic E-state index is 0.0205. The number of oxime groups is 1. The van der Waals surface area contributed by atoms with Crippen molar-refractivity contribution in [2.75, 3.05) is 13.7 Å². The van der Waals surface area contributed by atoms with Gasteiger partial charge < -0.3 is 9.57 Å². The van der Waals surface area contributed by atoms with E-state index in [4.69, 9.17) is 9.57 Å². The van der Waals surface area contributed by atoms with Gasteiger partial charge in [-0.25, -0.2) is 4.39 Å². The third-order valence-electron chi connectivity index (χ3n) is 2.50. The SMILES string of the molecule is COc1ccc(C2=NOCC(C)(F)C2)cc1. The van der Waals surface area contributed by atoms with Crippen molar-refractivity contribution in [3.63, 3.8) is 0 Å². The Balaban J connectivity index is 2.21. The van der Waals surface area contributed by atoms with Gasteiger partial charge in [-0.2, -0.15) is 0 Å². The molecule has 0 amide bonds. The van der Waals surface area contributed by atoms with Gasteiger partial charge in [0.2, 0.25) is 0 Å². The van der Waals surface area contributed by atoms with Crippen molar-refractivity contribution in [3.05, 3.63) is 29.8 Å². The van der Waals surface area contributed by atoms with Gasteiger partial charge in [0, 0.05) is 6.42 Å². The maximum Gasteiger partial charge on any atom is 0.151 e. The Morgan fingerprint density at radius 1 is 1.38 bits per heavy atom. The predicted octanol–water partition coefficient (Wildman–Crippen LogP) is 2.55. The highest BCUT2D eigenvalue weighted by Gasteiger charge is 2.31. The molecule has 1 aromatic carbocycles. The first-order valence-electron chi connectivity index (χ1n) is 5.13. The summed E-state index contributed by atoms with van der Waals surface area (Å²) in [6.45, 7) is 1.54. The highest BCUT2D eigenvalue weighted by Crippen LogP contribution is 2.24. The lowest BCUT2D eigenvalue weighted by molar-refractivity contribution is 0.0185. The number of ether oxygens (including phenoxy) is 1. The van der Waals surface area contributed by atoms with Crippen molar-refractivity contribution in [2.24, 2.45) is 5.16 Å². The minimum atomic E-state index is -1.34. The third-order valence-corrected chi connectivity index (χ3v) is 2.50. The van der Waals surface area contributed by atoms with Crippen molar-refractivity contribution < 1.29 is 14.0 Å². The third kappa shape index (κ3) is 2.32. The summed E-state index contributed by atoms with van der Waals surface area (Å²) in [4.78, 5) is 4.89. The molecule has 1 aliphatic heterocycles. The van der Waals surface area contributed by atoms with Crippen molar-refractivity contribution in [1.82, 2.24) is 0 Å². The normalized spacial score (nSPS) is 24.6. The first-order valence-corrected chi connectivity index (χ1v) is 5.13. The molecule has 0 saturated carbocycles. The predicted molar refractivity (Wildman–Crippen MR) is 59.6 cm³/mol. The molecule has 1 heterocycles. The van der Waals surface area contributed by atoms with E-state index in [2.05, 4.69) is 5.16 Å². The summed E-state index contributed by atoms with van der Waals surface area (Å²) >= 11 is 0. The maximum atomic E-state index is 13.7. The molecule has 16 heavy (non-hydrogen) atoms. The maximum absolute atomic E-state index is 13.7. The number of benzene rings is 1. The Kier molecular flexibility index (Phi) is 2.81. The lowest BCUT2D eigenvalue weighted by atomic mass is 9.96. The van der Waals surface area contributed by atoms with Crippen molar-refractivity contribution in [1.29, 1.82) is 0 Å². The molecule has 1 aromatic rings. The largest absolute Gasteiger partial charge is 0.497 e. The quantitative estimate of drug-likeness (QED) is 0.771. The van der Waals surface area contributed by atoms with Crippen LogP contribution in [0.4, 0.5) is 4.39 Å². The zero-order valence-electron chi connectivity index (χ0n) is 9.37. The molecule has 86 valence electrons. The van der Waals surface area contributed by atoms with Crippen LogP contribution in [0.3, 0.4) is 0 Å². The van der Waals surface area contributed by atoms with E-state index in [1.54, 1.807) is 7.11 Å². The Labute approximate surface area is 93.9 Å². The van der Waals surface area contributed by atoms with E-state index in [0.29, 0.717) is 5.71 Å². The number of rotatable bonds is 2. The topological polar surface area (TPSA) is 30.8 Å². The van der Waals surface area contributed by atoms with Crippen LogP contribution in [0.15, 0.2) is 29.4 Å². The summed E-state index contributed by atoms with van der Waals surface area (Å²) in [6, 6.07) is 7.34. The van der Waals surface area contributed by atoms with Crippen molar-refractivity contribution in [3.8, 4) is 5.75 Å². The van der Waals surface area contributed by atoms with Crippen LogP contribution in [0.1, 0.15) is 18.9 Å². The monoisotopic (exact) mass is 223 g/mol. The highest BCUT2D eigenvalue weighted by atomic mass is 19.1. The summed E-state index contributed by atoms with van der Waals surface area (Å²) in [5.74, 6) is 0.768. The summed E-state index contributed by atoms with van der Waals surface area (Å²) in [7, 11) is 1.61. The van der Waals surface area contributed by atoms with Gasteiger partial charge in [0.1, 0.15) is 11.4 Å². The molecule has 1 aliphatic rings. The number of hydrogen-bond donors (Lipinski definition) is 0. The summed E-state index contributed by atoms with van der Waals surface area (Å²) in [6.07, 6.45) is 0.277. The van der Waals surface area contributed by atoms with Crippen LogP contribution in [0.25, 0.3) is 0 Å². The summed E-state index contributed by atoms with van der Waals surface area (Å²) < 4.78 is 18.8. The second-order valence-corrected chi connectivity index (χ2v) is 4.13. The van der Waals surface area contributed by atoms with E-state index >= 15 is 0 Å². The number of halogens is 1. The second kappa shape index (κ2) is 4.12. The fourth-order valence-corrected chi connectivity index (χ4v) is 1.62. The Morgan fingerprint density at radius 3 is 2.62 bits per heavy atom.